The zero-order chi connectivity index (χ0) is 10.7. The van der Waals surface area contributed by atoms with Crippen LogP contribution in [0.25, 0.3) is 0 Å². The third-order valence-electron chi connectivity index (χ3n) is 1.91. The van der Waals surface area contributed by atoms with Crippen LogP contribution < -0.4 is 5.73 Å². The number of esters is 1. The first kappa shape index (κ1) is 11.0. The standard InChI is InChI=1S/C10H12BrNO2/c1-3-14-10(13)7-4-5-8(12)9(11)6(7)2/h4-5H,3,12H2,1-2H3. The molecule has 14 heavy (non-hydrogen) atoms. The minimum atomic E-state index is -0.314. The number of hydrogen-bond donors (Lipinski definition) is 1. The van der Waals surface area contributed by atoms with E-state index in [1.807, 2.05) is 6.92 Å². The van der Waals surface area contributed by atoms with Gasteiger partial charge in [-0.05, 0) is 47.5 Å². The molecule has 0 bridgehead atoms. The van der Waals surface area contributed by atoms with Crippen LogP contribution in [0.5, 0.6) is 0 Å². The molecule has 0 heterocycles. The summed E-state index contributed by atoms with van der Waals surface area (Å²) in [5.74, 6) is -0.314. The fraction of sp³-hybridized carbons (Fsp3) is 0.300. The van der Waals surface area contributed by atoms with Gasteiger partial charge in [0, 0.05) is 10.2 Å². The number of ether oxygens (including phenoxy) is 1. The van der Waals surface area contributed by atoms with Crippen LogP contribution in [0.15, 0.2) is 16.6 Å². The second-order valence-electron chi connectivity index (χ2n) is 2.86. The zero-order valence-corrected chi connectivity index (χ0v) is 9.72. The summed E-state index contributed by atoms with van der Waals surface area (Å²) in [4.78, 5) is 11.4. The van der Waals surface area contributed by atoms with E-state index in [-0.39, 0.29) is 5.97 Å². The summed E-state index contributed by atoms with van der Waals surface area (Å²) in [6.45, 7) is 3.98. The molecule has 76 valence electrons. The van der Waals surface area contributed by atoms with E-state index in [2.05, 4.69) is 15.9 Å². The lowest BCUT2D eigenvalue weighted by molar-refractivity contribution is 0.0525. The van der Waals surface area contributed by atoms with Crippen molar-refractivity contribution < 1.29 is 9.53 Å². The molecule has 1 aromatic carbocycles. The van der Waals surface area contributed by atoms with Crippen LogP contribution in [-0.4, -0.2) is 12.6 Å². The Labute approximate surface area is 91.4 Å². The second-order valence-corrected chi connectivity index (χ2v) is 3.65. The maximum Gasteiger partial charge on any atom is 0.338 e. The minimum absolute atomic E-state index is 0.314. The highest BCUT2D eigenvalue weighted by molar-refractivity contribution is 9.10. The SMILES string of the molecule is CCOC(=O)c1ccc(N)c(Br)c1C. The molecule has 0 aliphatic heterocycles. The Hall–Kier alpha value is -1.03. The van der Waals surface area contributed by atoms with Gasteiger partial charge in [-0.2, -0.15) is 0 Å². The van der Waals surface area contributed by atoms with Crippen molar-refractivity contribution in [1.82, 2.24) is 0 Å². The van der Waals surface area contributed by atoms with Gasteiger partial charge >= 0.3 is 5.97 Å². The monoisotopic (exact) mass is 257 g/mol. The molecular weight excluding hydrogens is 246 g/mol. The maximum absolute atomic E-state index is 11.4. The topological polar surface area (TPSA) is 52.3 Å². The normalized spacial score (nSPS) is 9.93. The summed E-state index contributed by atoms with van der Waals surface area (Å²) in [5.41, 5.74) is 7.64. The van der Waals surface area contributed by atoms with E-state index in [1.165, 1.54) is 0 Å². The summed E-state index contributed by atoms with van der Waals surface area (Å²) in [6, 6.07) is 3.36. The molecule has 0 unspecified atom stereocenters. The molecule has 0 saturated heterocycles. The van der Waals surface area contributed by atoms with E-state index < -0.39 is 0 Å². The van der Waals surface area contributed by atoms with E-state index in [1.54, 1.807) is 19.1 Å². The van der Waals surface area contributed by atoms with Gasteiger partial charge in [0.25, 0.3) is 0 Å². The van der Waals surface area contributed by atoms with Gasteiger partial charge in [-0.3, -0.25) is 0 Å². The largest absolute Gasteiger partial charge is 0.462 e. The Morgan fingerprint density at radius 1 is 1.57 bits per heavy atom. The predicted molar refractivity (Wildman–Crippen MR) is 59.2 cm³/mol. The molecule has 0 amide bonds. The second kappa shape index (κ2) is 4.46. The highest BCUT2D eigenvalue weighted by Gasteiger charge is 2.13. The Morgan fingerprint density at radius 2 is 2.21 bits per heavy atom. The predicted octanol–water partition coefficient (Wildman–Crippen LogP) is 2.52. The molecule has 0 aliphatic carbocycles. The van der Waals surface area contributed by atoms with Gasteiger partial charge in [0.15, 0.2) is 0 Å². The van der Waals surface area contributed by atoms with Gasteiger partial charge in [0.2, 0.25) is 0 Å². The van der Waals surface area contributed by atoms with Gasteiger partial charge in [-0.25, -0.2) is 4.79 Å². The Bertz CT molecular complexity index is 363. The van der Waals surface area contributed by atoms with Gasteiger partial charge in [0.05, 0.1) is 12.2 Å². The third-order valence-corrected chi connectivity index (χ3v) is 2.96. The number of benzene rings is 1. The van der Waals surface area contributed by atoms with Crippen LogP contribution in [0.4, 0.5) is 5.69 Å². The van der Waals surface area contributed by atoms with E-state index >= 15 is 0 Å². The Morgan fingerprint density at radius 3 is 2.79 bits per heavy atom. The molecule has 3 nitrogen and oxygen atoms in total. The highest BCUT2D eigenvalue weighted by atomic mass is 79.9. The van der Waals surface area contributed by atoms with Crippen molar-refractivity contribution in [2.75, 3.05) is 12.3 Å². The smallest absolute Gasteiger partial charge is 0.338 e. The molecular formula is C10H12BrNO2. The molecule has 0 aromatic heterocycles. The van der Waals surface area contributed by atoms with Crippen molar-refractivity contribution in [3.05, 3.63) is 27.7 Å². The fourth-order valence-corrected chi connectivity index (χ4v) is 1.48. The zero-order valence-electron chi connectivity index (χ0n) is 8.13. The lowest BCUT2D eigenvalue weighted by Gasteiger charge is -2.08. The Kier molecular flexibility index (Phi) is 3.52. The summed E-state index contributed by atoms with van der Waals surface area (Å²) in [7, 11) is 0. The first-order valence-electron chi connectivity index (χ1n) is 4.29. The van der Waals surface area contributed by atoms with E-state index in [0.29, 0.717) is 17.9 Å². The molecule has 0 saturated carbocycles. The van der Waals surface area contributed by atoms with Crippen LogP contribution in [0, 0.1) is 6.92 Å². The number of carbonyl (C=O) groups is 1. The van der Waals surface area contributed by atoms with Gasteiger partial charge in [-0.15, -0.1) is 0 Å². The maximum atomic E-state index is 11.4. The molecule has 2 N–H and O–H groups in total. The van der Waals surface area contributed by atoms with Gasteiger partial charge in [-0.1, -0.05) is 0 Å². The average Bonchev–Trinajstić information content (AvgIpc) is 2.15. The quantitative estimate of drug-likeness (QED) is 0.655. The number of rotatable bonds is 2. The fourth-order valence-electron chi connectivity index (χ4n) is 1.14. The summed E-state index contributed by atoms with van der Waals surface area (Å²) in [6.07, 6.45) is 0. The van der Waals surface area contributed by atoms with Crippen molar-refractivity contribution in [3.63, 3.8) is 0 Å². The van der Waals surface area contributed by atoms with Crippen LogP contribution in [0.2, 0.25) is 0 Å². The third kappa shape index (κ3) is 2.07. The Balaban J connectivity index is 3.11. The number of nitrogens with two attached hydrogens (primary N) is 1. The first-order valence-corrected chi connectivity index (χ1v) is 5.09. The van der Waals surface area contributed by atoms with Crippen LogP contribution in [0.3, 0.4) is 0 Å². The van der Waals surface area contributed by atoms with Crippen molar-refractivity contribution in [2.24, 2.45) is 0 Å². The van der Waals surface area contributed by atoms with Crippen LogP contribution in [-0.2, 0) is 4.74 Å². The molecule has 1 aromatic rings. The van der Waals surface area contributed by atoms with E-state index in [0.717, 1.165) is 10.0 Å². The van der Waals surface area contributed by atoms with Crippen LogP contribution in [0.1, 0.15) is 22.8 Å². The molecule has 0 atom stereocenters. The van der Waals surface area contributed by atoms with Crippen LogP contribution >= 0.6 is 15.9 Å². The lowest BCUT2D eigenvalue weighted by Crippen LogP contribution is -2.07. The molecule has 4 heteroatoms. The van der Waals surface area contributed by atoms with Gasteiger partial charge in [0.1, 0.15) is 0 Å². The number of carbonyl (C=O) groups excluding carboxylic acids is 1. The van der Waals surface area contributed by atoms with Crippen molar-refractivity contribution in [1.29, 1.82) is 0 Å². The number of nitrogen functional groups attached to an aromatic ring is 1. The molecule has 0 aliphatic rings. The molecule has 1 rings (SSSR count). The van der Waals surface area contributed by atoms with E-state index in [9.17, 15) is 4.79 Å². The highest BCUT2D eigenvalue weighted by Crippen LogP contribution is 2.26. The molecule has 0 radical (unpaired) electrons. The van der Waals surface area contributed by atoms with Gasteiger partial charge < -0.3 is 10.5 Å². The molecule has 0 fully saturated rings. The van der Waals surface area contributed by atoms with Crippen molar-refractivity contribution in [2.45, 2.75) is 13.8 Å². The minimum Gasteiger partial charge on any atom is -0.462 e. The molecule has 0 spiro atoms. The number of halogens is 1. The number of anilines is 1. The lowest BCUT2D eigenvalue weighted by atomic mass is 10.1. The number of hydrogen-bond acceptors (Lipinski definition) is 3. The van der Waals surface area contributed by atoms with Crippen molar-refractivity contribution >= 4 is 27.6 Å². The summed E-state index contributed by atoms with van der Waals surface area (Å²) in [5, 5.41) is 0. The summed E-state index contributed by atoms with van der Waals surface area (Å²) < 4.78 is 5.66. The summed E-state index contributed by atoms with van der Waals surface area (Å²) >= 11 is 3.32. The van der Waals surface area contributed by atoms with E-state index in [4.69, 9.17) is 10.5 Å². The average molecular weight is 258 g/mol. The van der Waals surface area contributed by atoms with Crippen molar-refractivity contribution in [3.8, 4) is 0 Å². The first-order chi connectivity index (χ1) is 6.57.